The molecule has 1 fully saturated rings. The van der Waals surface area contributed by atoms with E-state index in [9.17, 15) is 4.79 Å². The molecule has 3 rings (SSSR count). The third kappa shape index (κ3) is 2.72. The molecule has 0 amide bonds. The molecular weight excluding hydrogens is 308 g/mol. The summed E-state index contributed by atoms with van der Waals surface area (Å²) in [6.45, 7) is 1.55. The Kier molecular flexibility index (Phi) is 3.66. The maximum Gasteiger partial charge on any atom is 0.231 e. The van der Waals surface area contributed by atoms with Gasteiger partial charge in [-0.2, -0.15) is 0 Å². The number of ether oxygens (including phenoxy) is 1. The van der Waals surface area contributed by atoms with Gasteiger partial charge >= 0.3 is 0 Å². The lowest BCUT2D eigenvalue weighted by Gasteiger charge is -2.21. The van der Waals surface area contributed by atoms with E-state index in [0.29, 0.717) is 12.3 Å². The Bertz CT molecular complexity index is 603. The van der Waals surface area contributed by atoms with E-state index in [0.717, 1.165) is 41.6 Å². The first-order valence-corrected chi connectivity index (χ1v) is 7.27. The Morgan fingerprint density at radius 2 is 2.26 bits per heavy atom. The van der Waals surface area contributed by atoms with Crippen molar-refractivity contribution in [1.29, 1.82) is 0 Å². The van der Waals surface area contributed by atoms with Crippen molar-refractivity contribution < 1.29 is 9.53 Å². The van der Waals surface area contributed by atoms with Gasteiger partial charge in [0.25, 0.3) is 0 Å². The molecule has 19 heavy (non-hydrogen) atoms. The van der Waals surface area contributed by atoms with E-state index in [-0.39, 0.29) is 5.91 Å². The first-order chi connectivity index (χ1) is 9.24. The standard InChI is InChI=1S/C14H15BrN2O2/c15-11-8-13-12(16-9-11)1-4-17(13)14(18)7-10-2-5-19-6-3-10/h1,4,8-10H,2-3,5-7H2. The Hall–Kier alpha value is -1.20. The average Bonchev–Trinajstić information content (AvgIpc) is 2.82. The van der Waals surface area contributed by atoms with Crippen LogP contribution in [0.3, 0.4) is 0 Å². The third-order valence-electron chi connectivity index (χ3n) is 3.58. The lowest BCUT2D eigenvalue weighted by atomic mass is 9.96. The van der Waals surface area contributed by atoms with Crippen molar-refractivity contribution >= 4 is 32.9 Å². The van der Waals surface area contributed by atoms with Crippen LogP contribution in [0, 0.1) is 5.92 Å². The summed E-state index contributed by atoms with van der Waals surface area (Å²) in [5, 5.41) is 0. The molecule has 0 aromatic carbocycles. The van der Waals surface area contributed by atoms with Crippen LogP contribution in [0.15, 0.2) is 29.0 Å². The van der Waals surface area contributed by atoms with Gasteiger partial charge in [-0.15, -0.1) is 0 Å². The highest BCUT2D eigenvalue weighted by molar-refractivity contribution is 9.10. The summed E-state index contributed by atoms with van der Waals surface area (Å²) in [4.78, 5) is 16.7. The average molecular weight is 323 g/mol. The van der Waals surface area contributed by atoms with E-state index in [2.05, 4.69) is 20.9 Å². The van der Waals surface area contributed by atoms with Crippen LogP contribution in [-0.2, 0) is 4.74 Å². The predicted octanol–water partition coefficient (Wildman–Crippen LogP) is 3.26. The second-order valence-corrected chi connectivity index (χ2v) is 5.81. The molecule has 100 valence electrons. The summed E-state index contributed by atoms with van der Waals surface area (Å²) in [6, 6.07) is 3.81. The number of carbonyl (C=O) groups excluding carboxylic acids is 1. The molecule has 1 saturated heterocycles. The van der Waals surface area contributed by atoms with Gasteiger partial charge in [-0.3, -0.25) is 14.3 Å². The fourth-order valence-corrected chi connectivity index (χ4v) is 2.82. The summed E-state index contributed by atoms with van der Waals surface area (Å²) in [6.07, 6.45) is 6.10. The second-order valence-electron chi connectivity index (χ2n) is 4.90. The van der Waals surface area contributed by atoms with Crippen LogP contribution in [-0.4, -0.2) is 28.7 Å². The predicted molar refractivity (Wildman–Crippen MR) is 76.2 cm³/mol. The molecule has 0 N–H and O–H groups in total. The summed E-state index contributed by atoms with van der Waals surface area (Å²) >= 11 is 3.40. The smallest absolute Gasteiger partial charge is 0.231 e. The van der Waals surface area contributed by atoms with E-state index in [4.69, 9.17) is 4.74 Å². The second kappa shape index (κ2) is 5.43. The van der Waals surface area contributed by atoms with Gasteiger partial charge in [-0.05, 0) is 46.8 Å². The van der Waals surface area contributed by atoms with Crippen LogP contribution in [0.4, 0.5) is 0 Å². The van der Waals surface area contributed by atoms with Gasteiger partial charge < -0.3 is 4.74 Å². The molecule has 2 aromatic rings. The van der Waals surface area contributed by atoms with Crippen molar-refractivity contribution in [3.8, 4) is 0 Å². The quantitative estimate of drug-likeness (QED) is 0.852. The molecule has 0 bridgehead atoms. The highest BCUT2D eigenvalue weighted by Gasteiger charge is 2.19. The number of hydrogen-bond donors (Lipinski definition) is 0. The normalized spacial score (nSPS) is 16.9. The molecule has 0 aliphatic carbocycles. The van der Waals surface area contributed by atoms with Crippen LogP contribution in [0.5, 0.6) is 0 Å². The van der Waals surface area contributed by atoms with Gasteiger partial charge in [0.1, 0.15) is 0 Å². The van der Waals surface area contributed by atoms with Crippen LogP contribution >= 0.6 is 15.9 Å². The molecule has 1 aliphatic heterocycles. The molecule has 1 aliphatic rings. The van der Waals surface area contributed by atoms with Crippen molar-refractivity contribution in [2.24, 2.45) is 5.92 Å². The number of carbonyl (C=O) groups is 1. The Morgan fingerprint density at radius 3 is 3.05 bits per heavy atom. The van der Waals surface area contributed by atoms with E-state index in [1.54, 1.807) is 10.8 Å². The summed E-state index contributed by atoms with van der Waals surface area (Å²) in [5.41, 5.74) is 1.72. The van der Waals surface area contributed by atoms with Crippen molar-refractivity contribution in [3.05, 3.63) is 29.0 Å². The topological polar surface area (TPSA) is 44.1 Å². The molecule has 4 nitrogen and oxygen atoms in total. The molecular formula is C14H15BrN2O2. The van der Waals surface area contributed by atoms with Gasteiger partial charge in [0, 0.05) is 36.5 Å². The molecule has 0 radical (unpaired) electrons. The molecule has 3 heterocycles. The van der Waals surface area contributed by atoms with Crippen molar-refractivity contribution in [1.82, 2.24) is 9.55 Å². The zero-order valence-corrected chi connectivity index (χ0v) is 12.1. The molecule has 0 atom stereocenters. The van der Waals surface area contributed by atoms with Crippen LogP contribution in [0.25, 0.3) is 11.0 Å². The fraction of sp³-hybridized carbons (Fsp3) is 0.429. The van der Waals surface area contributed by atoms with Gasteiger partial charge in [-0.1, -0.05) is 0 Å². The van der Waals surface area contributed by atoms with Crippen molar-refractivity contribution in [2.45, 2.75) is 19.3 Å². The highest BCUT2D eigenvalue weighted by Crippen LogP contribution is 2.22. The SMILES string of the molecule is O=C(CC1CCOCC1)n1ccc2ncc(Br)cc21. The maximum absolute atomic E-state index is 12.4. The van der Waals surface area contributed by atoms with Crippen molar-refractivity contribution in [3.63, 3.8) is 0 Å². The number of hydrogen-bond acceptors (Lipinski definition) is 3. The fourth-order valence-electron chi connectivity index (χ4n) is 2.50. The summed E-state index contributed by atoms with van der Waals surface area (Å²) in [7, 11) is 0. The van der Waals surface area contributed by atoms with Gasteiger partial charge in [0.05, 0.1) is 11.0 Å². The Morgan fingerprint density at radius 1 is 1.47 bits per heavy atom. The minimum atomic E-state index is 0.141. The number of halogens is 1. The third-order valence-corrected chi connectivity index (χ3v) is 4.01. The summed E-state index contributed by atoms with van der Waals surface area (Å²) in [5.74, 6) is 0.584. The van der Waals surface area contributed by atoms with Gasteiger partial charge in [0.15, 0.2) is 0 Å². The van der Waals surface area contributed by atoms with E-state index >= 15 is 0 Å². The minimum Gasteiger partial charge on any atom is -0.381 e. The number of nitrogens with zero attached hydrogens (tertiary/aromatic N) is 2. The highest BCUT2D eigenvalue weighted by atomic mass is 79.9. The van der Waals surface area contributed by atoms with E-state index in [1.807, 2.05) is 18.3 Å². The first kappa shape index (κ1) is 12.8. The number of pyridine rings is 1. The molecule has 2 aromatic heterocycles. The van der Waals surface area contributed by atoms with E-state index in [1.165, 1.54) is 0 Å². The Labute approximate surface area is 119 Å². The van der Waals surface area contributed by atoms with Crippen LogP contribution in [0.2, 0.25) is 0 Å². The number of rotatable bonds is 2. The first-order valence-electron chi connectivity index (χ1n) is 6.47. The number of fused-ring (bicyclic) bond motifs is 1. The lowest BCUT2D eigenvalue weighted by molar-refractivity contribution is 0.0575. The van der Waals surface area contributed by atoms with Gasteiger partial charge in [0.2, 0.25) is 5.91 Å². The lowest BCUT2D eigenvalue weighted by Crippen LogP contribution is -2.21. The molecule has 5 heteroatoms. The maximum atomic E-state index is 12.4. The van der Waals surface area contributed by atoms with Crippen LogP contribution in [0.1, 0.15) is 24.1 Å². The van der Waals surface area contributed by atoms with E-state index < -0.39 is 0 Å². The molecule has 0 unspecified atom stereocenters. The monoisotopic (exact) mass is 322 g/mol. The van der Waals surface area contributed by atoms with Crippen LogP contribution < -0.4 is 0 Å². The Balaban J connectivity index is 1.82. The van der Waals surface area contributed by atoms with Gasteiger partial charge in [-0.25, -0.2) is 0 Å². The number of aromatic nitrogens is 2. The zero-order valence-electron chi connectivity index (χ0n) is 10.5. The largest absolute Gasteiger partial charge is 0.381 e. The zero-order chi connectivity index (χ0) is 13.2. The van der Waals surface area contributed by atoms with Crippen molar-refractivity contribution in [2.75, 3.05) is 13.2 Å². The molecule has 0 spiro atoms. The summed E-state index contributed by atoms with van der Waals surface area (Å²) < 4.78 is 7.92. The molecule has 0 saturated carbocycles. The minimum absolute atomic E-state index is 0.141.